The van der Waals surface area contributed by atoms with E-state index in [1.807, 2.05) is 6.92 Å². The highest BCUT2D eigenvalue weighted by Gasteiger charge is 2.11. The van der Waals surface area contributed by atoms with E-state index in [1.165, 1.54) is 6.07 Å². The summed E-state index contributed by atoms with van der Waals surface area (Å²) < 4.78 is 24.1. The Morgan fingerprint density at radius 2 is 2.06 bits per heavy atom. The van der Waals surface area contributed by atoms with Crippen molar-refractivity contribution >= 4 is 5.69 Å². The van der Waals surface area contributed by atoms with E-state index < -0.39 is 0 Å². The van der Waals surface area contributed by atoms with Gasteiger partial charge in [0.25, 0.3) is 0 Å². The van der Waals surface area contributed by atoms with Gasteiger partial charge in [-0.25, -0.2) is 4.39 Å². The third kappa shape index (κ3) is 4.23. The highest BCUT2D eigenvalue weighted by Crippen LogP contribution is 2.27. The first-order chi connectivity index (χ1) is 8.19. The highest BCUT2D eigenvalue weighted by atomic mass is 19.1. The van der Waals surface area contributed by atoms with Crippen LogP contribution >= 0.6 is 0 Å². The number of halogens is 1. The van der Waals surface area contributed by atoms with Crippen LogP contribution < -0.4 is 10.5 Å². The number of nitrogens with two attached hydrogens (primary N) is 1. The topological polar surface area (TPSA) is 44.5 Å². The molecule has 0 atom stereocenters. The van der Waals surface area contributed by atoms with Gasteiger partial charge in [-0.2, -0.15) is 0 Å². The fourth-order valence-electron chi connectivity index (χ4n) is 1.67. The zero-order chi connectivity index (χ0) is 12.7. The molecule has 1 rings (SSSR count). The molecule has 1 aromatic rings. The number of hydrogen-bond donors (Lipinski definition) is 1. The van der Waals surface area contributed by atoms with E-state index in [0.29, 0.717) is 24.7 Å². The lowest BCUT2D eigenvalue weighted by Crippen LogP contribution is -2.06. The van der Waals surface area contributed by atoms with Crippen molar-refractivity contribution in [1.29, 1.82) is 0 Å². The molecule has 0 radical (unpaired) electrons. The predicted molar refractivity (Wildman–Crippen MR) is 66.8 cm³/mol. The normalized spacial score (nSPS) is 10.5. The van der Waals surface area contributed by atoms with Crippen LogP contribution in [0.5, 0.6) is 5.75 Å². The minimum Gasteiger partial charge on any atom is -0.490 e. The summed E-state index contributed by atoms with van der Waals surface area (Å²) in [6, 6.07) is 3.07. The Kier molecular flexibility index (Phi) is 5.77. The Labute approximate surface area is 102 Å². The fraction of sp³-hybridized carbons (Fsp3) is 0.538. The molecule has 3 nitrogen and oxygen atoms in total. The van der Waals surface area contributed by atoms with Gasteiger partial charge < -0.3 is 15.2 Å². The van der Waals surface area contributed by atoms with Crippen LogP contribution in [0, 0.1) is 5.82 Å². The first-order valence-corrected chi connectivity index (χ1v) is 5.88. The molecule has 0 bridgehead atoms. The highest BCUT2D eigenvalue weighted by molar-refractivity contribution is 5.49. The zero-order valence-corrected chi connectivity index (χ0v) is 10.5. The predicted octanol–water partition coefficient (Wildman–Crippen LogP) is 2.78. The quantitative estimate of drug-likeness (QED) is 0.589. The molecule has 0 unspecified atom stereocenters. The minimum atomic E-state index is -0.383. The van der Waals surface area contributed by atoms with Crippen LogP contribution in [0.25, 0.3) is 0 Å². The van der Waals surface area contributed by atoms with E-state index >= 15 is 0 Å². The van der Waals surface area contributed by atoms with Crippen molar-refractivity contribution in [2.24, 2.45) is 0 Å². The fourth-order valence-corrected chi connectivity index (χ4v) is 1.67. The van der Waals surface area contributed by atoms with E-state index in [9.17, 15) is 4.39 Å². The molecule has 17 heavy (non-hydrogen) atoms. The summed E-state index contributed by atoms with van der Waals surface area (Å²) in [6.07, 6.45) is 2.44. The lowest BCUT2D eigenvalue weighted by atomic mass is 10.1. The summed E-state index contributed by atoms with van der Waals surface area (Å²) in [5, 5.41) is 0. The van der Waals surface area contributed by atoms with Crippen molar-refractivity contribution in [3.05, 3.63) is 23.5 Å². The zero-order valence-electron chi connectivity index (χ0n) is 10.5. The summed E-state index contributed by atoms with van der Waals surface area (Å²) in [6.45, 7) is 3.10. The number of hydrogen-bond acceptors (Lipinski definition) is 3. The average molecular weight is 241 g/mol. The van der Waals surface area contributed by atoms with Gasteiger partial charge in [-0.3, -0.25) is 0 Å². The van der Waals surface area contributed by atoms with E-state index in [0.717, 1.165) is 24.8 Å². The van der Waals surface area contributed by atoms with Crippen LogP contribution in [0.15, 0.2) is 12.1 Å². The van der Waals surface area contributed by atoms with Gasteiger partial charge >= 0.3 is 0 Å². The summed E-state index contributed by atoms with van der Waals surface area (Å²) in [5.74, 6) is -0.0528. The minimum absolute atomic E-state index is 0.331. The van der Waals surface area contributed by atoms with Crippen molar-refractivity contribution in [1.82, 2.24) is 0 Å². The molecule has 0 saturated heterocycles. The molecule has 0 aliphatic heterocycles. The number of benzene rings is 1. The molecule has 0 amide bonds. The Morgan fingerprint density at radius 1 is 1.29 bits per heavy atom. The van der Waals surface area contributed by atoms with Gasteiger partial charge in [0.2, 0.25) is 0 Å². The van der Waals surface area contributed by atoms with Crippen molar-refractivity contribution in [2.45, 2.75) is 26.2 Å². The maximum Gasteiger partial charge on any atom is 0.167 e. The van der Waals surface area contributed by atoms with E-state index in [1.54, 1.807) is 13.2 Å². The summed E-state index contributed by atoms with van der Waals surface area (Å²) >= 11 is 0. The molecule has 96 valence electrons. The van der Waals surface area contributed by atoms with Crippen LogP contribution in [0.2, 0.25) is 0 Å². The van der Waals surface area contributed by atoms with Gasteiger partial charge in [-0.15, -0.1) is 0 Å². The number of aryl methyl sites for hydroxylation is 1. The van der Waals surface area contributed by atoms with Crippen molar-refractivity contribution < 1.29 is 13.9 Å². The first kappa shape index (κ1) is 13.8. The number of methoxy groups -OCH3 is 1. The Bertz CT molecular complexity index is 356. The molecule has 0 aliphatic rings. The summed E-state index contributed by atoms with van der Waals surface area (Å²) in [4.78, 5) is 0. The number of rotatable bonds is 7. The van der Waals surface area contributed by atoms with E-state index in [4.69, 9.17) is 15.2 Å². The second-order valence-electron chi connectivity index (χ2n) is 3.94. The molecule has 0 fully saturated rings. The van der Waals surface area contributed by atoms with E-state index in [2.05, 4.69) is 0 Å². The van der Waals surface area contributed by atoms with Gasteiger partial charge in [-0.05, 0) is 18.1 Å². The van der Waals surface area contributed by atoms with Crippen LogP contribution in [-0.2, 0) is 11.2 Å². The van der Waals surface area contributed by atoms with Crippen molar-refractivity contribution in [2.75, 3.05) is 26.1 Å². The van der Waals surface area contributed by atoms with Crippen molar-refractivity contribution in [3.63, 3.8) is 0 Å². The number of anilines is 1. The second-order valence-corrected chi connectivity index (χ2v) is 3.94. The van der Waals surface area contributed by atoms with Crippen LogP contribution in [0.4, 0.5) is 10.1 Å². The molecule has 2 N–H and O–H groups in total. The molecule has 0 saturated carbocycles. The largest absolute Gasteiger partial charge is 0.490 e. The van der Waals surface area contributed by atoms with Gasteiger partial charge in [0.1, 0.15) is 0 Å². The molecule has 0 aliphatic carbocycles. The molecular formula is C13H20FNO2. The Morgan fingerprint density at radius 3 is 2.71 bits per heavy atom. The Hall–Kier alpha value is -1.29. The Balaban J connectivity index is 2.73. The van der Waals surface area contributed by atoms with Gasteiger partial charge in [0, 0.05) is 31.9 Å². The average Bonchev–Trinajstić information content (AvgIpc) is 2.27. The number of ether oxygens (including phenoxy) is 2. The van der Waals surface area contributed by atoms with Crippen molar-refractivity contribution in [3.8, 4) is 5.75 Å². The van der Waals surface area contributed by atoms with Gasteiger partial charge in [-0.1, -0.05) is 13.3 Å². The molecule has 1 aromatic carbocycles. The van der Waals surface area contributed by atoms with Crippen LogP contribution in [0.1, 0.15) is 25.3 Å². The summed E-state index contributed by atoms with van der Waals surface area (Å²) in [5.41, 5.74) is 6.89. The summed E-state index contributed by atoms with van der Waals surface area (Å²) in [7, 11) is 1.63. The SMILES string of the molecule is CCCc1cc(N)cc(F)c1OCCCOC. The number of nitrogen functional groups attached to an aromatic ring is 1. The van der Waals surface area contributed by atoms with Gasteiger partial charge in [0.05, 0.1) is 6.61 Å². The molecule has 0 heterocycles. The smallest absolute Gasteiger partial charge is 0.167 e. The molecule has 0 aromatic heterocycles. The monoisotopic (exact) mass is 241 g/mol. The third-order valence-corrected chi connectivity index (χ3v) is 2.40. The molecular weight excluding hydrogens is 221 g/mol. The molecule has 4 heteroatoms. The van der Waals surface area contributed by atoms with Gasteiger partial charge in [0.15, 0.2) is 11.6 Å². The first-order valence-electron chi connectivity index (χ1n) is 5.88. The van der Waals surface area contributed by atoms with E-state index in [-0.39, 0.29) is 5.82 Å². The maximum atomic E-state index is 13.7. The van der Waals surface area contributed by atoms with Crippen LogP contribution in [-0.4, -0.2) is 20.3 Å². The van der Waals surface area contributed by atoms with Crippen LogP contribution in [0.3, 0.4) is 0 Å². The second kappa shape index (κ2) is 7.12. The molecule has 0 spiro atoms. The maximum absolute atomic E-state index is 13.7. The third-order valence-electron chi connectivity index (χ3n) is 2.40. The standard InChI is InChI=1S/C13H20FNO2/c1-3-5-10-8-11(15)9-12(14)13(10)17-7-4-6-16-2/h8-9H,3-7,15H2,1-2H3. The lowest BCUT2D eigenvalue weighted by molar-refractivity contribution is 0.170. The lowest BCUT2D eigenvalue weighted by Gasteiger charge is -2.12.